The van der Waals surface area contributed by atoms with E-state index in [9.17, 15) is 0 Å². The van der Waals surface area contributed by atoms with Crippen molar-refractivity contribution in [2.24, 2.45) is 7.05 Å². The molecule has 0 radical (unpaired) electrons. The van der Waals surface area contributed by atoms with E-state index in [2.05, 4.69) is 11.9 Å². The highest BCUT2D eigenvalue weighted by atomic mass is 16.5. The van der Waals surface area contributed by atoms with Gasteiger partial charge in [0.15, 0.2) is 0 Å². The highest BCUT2D eigenvalue weighted by molar-refractivity contribution is 5.87. The molecule has 0 bridgehead atoms. The lowest BCUT2D eigenvalue weighted by atomic mass is 10.2. The molecule has 0 atom stereocenters. The second kappa shape index (κ2) is 4.89. The maximum Gasteiger partial charge on any atom is 0.147 e. The molecule has 0 spiro atoms. The van der Waals surface area contributed by atoms with Crippen LogP contribution in [0.2, 0.25) is 0 Å². The molecule has 0 aliphatic carbocycles. The number of benzene rings is 2. The molecule has 20 heavy (non-hydrogen) atoms. The smallest absolute Gasteiger partial charge is 0.147 e. The molecule has 0 saturated carbocycles. The number of aromatic nitrogens is 2. The van der Waals surface area contributed by atoms with E-state index in [0.717, 1.165) is 22.6 Å². The number of nitrogen functional groups attached to an aromatic ring is 1. The lowest BCUT2D eigenvalue weighted by molar-refractivity contribution is 0.292. The van der Waals surface area contributed by atoms with Crippen LogP contribution in [-0.2, 0) is 13.7 Å². The molecule has 2 aromatic carbocycles. The van der Waals surface area contributed by atoms with Crippen LogP contribution in [0.25, 0.3) is 11.0 Å². The van der Waals surface area contributed by atoms with Gasteiger partial charge in [0.1, 0.15) is 23.7 Å². The van der Waals surface area contributed by atoms with E-state index in [1.54, 1.807) is 0 Å². The van der Waals surface area contributed by atoms with Crippen LogP contribution < -0.4 is 10.5 Å². The zero-order valence-corrected chi connectivity index (χ0v) is 11.6. The van der Waals surface area contributed by atoms with Crippen LogP contribution in [0, 0.1) is 6.92 Å². The van der Waals surface area contributed by atoms with Gasteiger partial charge in [-0.25, -0.2) is 4.98 Å². The van der Waals surface area contributed by atoms with E-state index in [1.165, 1.54) is 5.56 Å². The molecule has 3 rings (SSSR count). The number of aryl methyl sites for hydroxylation is 2. The molecular weight excluding hydrogens is 250 g/mol. The number of fused-ring (bicyclic) bond motifs is 1. The number of rotatable bonds is 3. The Balaban J connectivity index is 1.86. The average molecular weight is 267 g/mol. The molecule has 0 saturated heterocycles. The number of ether oxygens (including phenoxy) is 1. The third-order valence-corrected chi connectivity index (χ3v) is 3.42. The van der Waals surface area contributed by atoms with Crippen molar-refractivity contribution in [2.75, 3.05) is 5.73 Å². The number of hydrogen-bond donors (Lipinski definition) is 1. The fourth-order valence-corrected chi connectivity index (χ4v) is 2.20. The predicted molar refractivity (Wildman–Crippen MR) is 80.6 cm³/mol. The van der Waals surface area contributed by atoms with Gasteiger partial charge in [0, 0.05) is 7.05 Å². The van der Waals surface area contributed by atoms with E-state index in [1.807, 2.05) is 54.1 Å². The number of para-hydroxylation sites is 1. The van der Waals surface area contributed by atoms with Crippen molar-refractivity contribution in [3.05, 3.63) is 53.9 Å². The van der Waals surface area contributed by atoms with Crippen molar-refractivity contribution in [2.45, 2.75) is 13.5 Å². The molecule has 4 nitrogen and oxygen atoms in total. The van der Waals surface area contributed by atoms with Crippen molar-refractivity contribution >= 4 is 16.7 Å². The van der Waals surface area contributed by atoms with Gasteiger partial charge >= 0.3 is 0 Å². The second-order valence-electron chi connectivity index (χ2n) is 4.90. The Bertz CT molecular complexity index is 744. The van der Waals surface area contributed by atoms with Crippen LogP contribution in [0.1, 0.15) is 11.4 Å². The topological polar surface area (TPSA) is 53.1 Å². The van der Waals surface area contributed by atoms with Gasteiger partial charge in [-0.3, -0.25) is 0 Å². The highest BCUT2D eigenvalue weighted by Crippen LogP contribution is 2.21. The summed E-state index contributed by atoms with van der Waals surface area (Å²) in [6, 6.07) is 13.8. The molecule has 0 fully saturated rings. The average Bonchev–Trinajstić information content (AvgIpc) is 2.77. The molecule has 0 aliphatic heterocycles. The summed E-state index contributed by atoms with van der Waals surface area (Å²) in [5.41, 5.74) is 9.71. The van der Waals surface area contributed by atoms with Gasteiger partial charge in [-0.15, -0.1) is 0 Å². The maximum absolute atomic E-state index is 5.95. The van der Waals surface area contributed by atoms with Gasteiger partial charge in [-0.2, -0.15) is 0 Å². The van der Waals surface area contributed by atoms with Crippen molar-refractivity contribution in [3.63, 3.8) is 0 Å². The zero-order valence-electron chi connectivity index (χ0n) is 11.6. The molecule has 2 N–H and O–H groups in total. The minimum Gasteiger partial charge on any atom is -0.486 e. The lowest BCUT2D eigenvalue weighted by Gasteiger charge is -2.06. The van der Waals surface area contributed by atoms with Crippen molar-refractivity contribution < 1.29 is 4.74 Å². The Morgan fingerprint density at radius 1 is 1.15 bits per heavy atom. The standard InChI is InChI=1S/C16H17N3O/c1-11-6-8-12(9-7-11)20-10-15-18-16-13(17)4-3-5-14(16)19(15)2/h3-9H,10,17H2,1-2H3. The molecule has 3 aromatic rings. The van der Waals surface area contributed by atoms with Crippen LogP contribution in [0.4, 0.5) is 5.69 Å². The first-order chi connectivity index (χ1) is 9.65. The van der Waals surface area contributed by atoms with Crippen molar-refractivity contribution in [1.29, 1.82) is 0 Å². The molecular formula is C16H17N3O. The van der Waals surface area contributed by atoms with E-state index >= 15 is 0 Å². The maximum atomic E-state index is 5.95. The molecule has 0 unspecified atom stereocenters. The minimum atomic E-state index is 0.424. The largest absolute Gasteiger partial charge is 0.486 e. The summed E-state index contributed by atoms with van der Waals surface area (Å²) in [6.45, 7) is 2.48. The van der Waals surface area contributed by atoms with Crippen LogP contribution in [0.5, 0.6) is 5.75 Å². The summed E-state index contributed by atoms with van der Waals surface area (Å²) in [6.07, 6.45) is 0. The van der Waals surface area contributed by atoms with Crippen LogP contribution in [-0.4, -0.2) is 9.55 Å². The Labute approximate surface area is 117 Å². The number of nitrogens with zero attached hydrogens (tertiary/aromatic N) is 2. The van der Waals surface area contributed by atoms with Gasteiger partial charge in [0.2, 0.25) is 0 Å². The third-order valence-electron chi connectivity index (χ3n) is 3.42. The quantitative estimate of drug-likeness (QED) is 0.742. The summed E-state index contributed by atoms with van der Waals surface area (Å²) in [5, 5.41) is 0. The zero-order chi connectivity index (χ0) is 14.1. The molecule has 102 valence electrons. The normalized spacial score (nSPS) is 10.9. The SMILES string of the molecule is Cc1ccc(OCc2nc3c(N)cccc3n2C)cc1. The van der Waals surface area contributed by atoms with Gasteiger partial charge in [0.05, 0.1) is 11.2 Å². The summed E-state index contributed by atoms with van der Waals surface area (Å²) in [4.78, 5) is 4.56. The molecule has 0 aliphatic rings. The Morgan fingerprint density at radius 2 is 1.90 bits per heavy atom. The molecule has 1 aromatic heterocycles. The van der Waals surface area contributed by atoms with E-state index < -0.39 is 0 Å². The van der Waals surface area contributed by atoms with Crippen LogP contribution in [0.15, 0.2) is 42.5 Å². The van der Waals surface area contributed by atoms with E-state index in [0.29, 0.717) is 12.3 Å². The predicted octanol–water partition coefficient (Wildman–Crippen LogP) is 3.04. The fraction of sp³-hybridized carbons (Fsp3) is 0.188. The van der Waals surface area contributed by atoms with Gasteiger partial charge < -0.3 is 15.0 Å². The van der Waals surface area contributed by atoms with Crippen LogP contribution >= 0.6 is 0 Å². The summed E-state index contributed by atoms with van der Waals surface area (Å²) < 4.78 is 7.79. The first-order valence-corrected chi connectivity index (χ1v) is 6.54. The number of nitrogens with two attached hydrogens (primary N) is 1. The first-order valence-electron chi connectivity index (χ1n) is 6.54. The number of anilines is 1. The molecule has 1 heterocycles. The van der Waals surface area contributed by atoms with Crippen molar-refractivity contribution in [3.8, 4) is 5.75 Å². The summed E-state index contributed by atoms with van der Waals surface area (Å²) in [5.74, 6) is 1.70. The monoisotopic (exact) mass is 267 g/mol. The number of imidazole rings is 1. The van der Waals surface area contributed by atoms with Crippen molar-refractivity contribution in [1.82, 2.24) is 9.55 Å². The number of hydrogen-bond acceptors (Lipinski definition) is 3. The fourth-order valence-electron chi connectivity index (χ4n) is 2.20. The minimum absolute atomic E-state index is 0.424. The second-order valence-corrected chi connectivity index (χ2v) is 4.90. The van der Waals surface area contributed by atoms with Gasteiger partial charge in [-0.05, 0) is 31.2 Å². The van der Waals surface area contributed by atoms with Gasteiger partial charge in [-0.1, -0.05) is 23.8 Å². The lowest BCUT2D eigenvalue weighted by Crippen LogP contribution is -2.03. The molecule has 0 amide bonds. The third kappa shape index (κ3) is 2.20. The Kier molecular flexibility index (Phi) is 3.06. The Morgan fingerprint density at radius 3 is 2.60 bits per heavy atom. The van der Waals surface area contributed by atoms with E-state index in [4.69, 9.17) is 10.5 Å². The molecule has 4 heteroatoms. The first kappa shape index (κ1) is 12.5. The van der Waals surface area contributed by atoms with Crippen LogP contribution in [0.3, 0.4) is 0 Å². The van der Waals surface area contributed by atoms with Gasteiger partial charge in [0.25, 0.3) is 0 Å². The summed E-state index contributed by atoms with van der Waals surface area (Å²) in [7, 11) is 1.97. The summed E-state index contributed by atoms with van der Waals surface area (Å²) >= 11 is 0. The highest BCUT2D eigenvalue weighted by Gasteiger charge is 2.10. The Hall–Kier alpha value is -2.49. The van der Waals surface area contributed by atoms with E-state index in [-0.39, 0.29) is 0 Å².